The van der Waals surface area contributed by atoms with Crippen molar-refractivity contribution in [2.24, 2.45) is 5.41 Å². The van der Waals surface area contributed by atoms with Gasteiger partial charge in [0, 0.05) is 12.1 Å². The fourth-order valence-electron chi connectivity index (χ4n) is 2.51. The molecule has 17 heavy (non-hydrogen) atoms. The summed E-state index contributed by atoms with van der Waals surface area (Å²) in [6.45, 7) is 11.6. The molecule has 1 rings (SSSR count). The predicted molar refractivity (Wildman–Crippen MR) is 76.4 cm³/mol. The molecule has 0 aromatic heterocycles. The lowest BCUT2D eigenvalue weighted by Crippen LogP contribution is -2.37. The van der Waals surface area contributed by atoms with Gasteiger partial charge in [0.05, 0.1) is 0 Å². The van der Waals surface area contributed by atoms with Crippen LogP contribution < -0.4 is 10.6 Å². The van der Waals surface area contributed by atoms with Gasteiger partial charge in [-0.1, -0.05) is 33.6 Å². The van der Waals surface area contributed by atoms with Crippen LogP contribution in [0.2, 0.25) is 0 Å². The lowest BCUT2D eigenvalue weighted by molar-refractivity contribution is 0.340. The zero-order valence-electron chi connectivity index (χ0n) is 12.3. The molecule has 0 saturated carbocycles. The summed E-state index contributed by atoms with van der Waals surface area (Å²) in [5.74, 6) is 0. The standard InChI is InChI=1S/C15H32N2/c1-13(16-11-9-15(2,3)4)12-14-8-6-5-7-10-17-14/h13-14,16-17H,5-12H2,1-4H3. The van der Waals surface area contributed by atoms with Crippen LogP contribution >= 0.6 is 0 Å². The van der Waals surface area contributed by atoms with Gasteiger partial charge in [0.2, 0.25) is 0 Å². The Morgan fingerprint density at radius 3 is 2.71 bits per heavy atom. The molecule has 1 saturated heterocycles. The van der Waals surface area contributed by atoms with Crippen LogP contribution in [0.15, 0.2) is 0 Å². The molecule has 0 spiro atoms. The zero-order chi connectivity index (χ0) is 12.7. The van der Waals surface area contributed by atoms with Crippen molar-refractivity contribution in [1.82, 2.24) is 10.6 Å². The van der Waals surface area contributed by atoms with Crippen LogP contribution in [0.1, 0.15) is 66.2 Å². The Labute approximate surface area is 108 Å². The van der Waals surface area contributed by atoms with Gasteiger partial charge in [-0.2, -0.15) is 0 Å². The van der Waals surface area contributed by atoms with Crippen molar-refractivity contribution < 1.29 is 0 Å². The van der Waals surface area contributed by atoms with E-state index in [9.17, 15) is 0 Å². The Morgan fingerprint density at radius 2 is 2.00 bits per heavy atom. The number of rotatable bonds is 5. The first-order valence-electron chi connectivity index (χ1n) is 7.44. The quantitative estimate of drug-likeness (QED) is 0.770. The lowest BCUT2D eigenvalue weighted by Gasteiger charge is -2.24. The lowest BCUT2D eigenvalue weighted by atomic mass is 9.92. The van der Waals surface area contributed by atoms with Gasteiger partial charge >= 0.3 is 0 Å². The third-order valence-electron chi connectivity index (χ3n) is 3.67. The predicted octanol–water partition coefficient (Wildman–Crippen LogP) is 3.32. The van der Waals surface area contributed by atoms with E-state index in [1.54, 1.807) is 0 Å². The van der Waals surface area contributed by atoms with Gasteiger partial charge in [0.15, 0.2) is 0 Å². The van der Waals surface area contributed by atoms with E-state index in [0.29, 0.717) is 11.5 Å². The molecule has 1 heterocycles. The number of hydrogen-bond acceptors (Lipinski definition) is 2. The topological polar surface area (TPSA) is 24.1 Å². The highest BCUT2D eigenvalue weighted by molar-refractivity contribution is 4.76. The first kappa shape index (κ1) is 15.0. The Kier molecular flexibility index (Phi) is 6.50. The van der Waals surface area contributed by atoms with Crippen LogP contribution in [-0.4, -0.2) is 25.2 Å². The minimum Gasteiger partial charge on any atom is -0.314 e. The Hall–Kier alpha value is -0.0800. The molecular weight excluding hydrogens is 208 g/mol. The second kappa shape index (κ2) is 7.38. The van der Waals surface area contributed by atoms with E-state index in [1.165, 1.54) is 45.1 Å². The smallest absolute Gasteiger partial charge is 0.00817 e. The van der Waals surface area contributed by atoms with Crippen molar-refractivity contribution in [2.45, 2.75) is 78.3 Å². The highest BCUT2D eigenvalue weighted by atomic mass is 14.9. The molecule has 0 aromatic rings. The fourth-order valence-corrected chi connectivity index (χ4v) is 2.51. The molecule has 1 aliphatic rings. The van der Waals surface area contributed by atoms with E-state index in [1.807, 2.05) is 0 Å². The van der Waals surface area contributed by atoms with Gasteiger partial charge < -0.3 is 10.6 Å². The summed E-state index contributed by atoms with van der Waals surface area (Å²) in [7, 11) is 0. The third-order valence-corrected chi connectivity index (χ3v) is 3.67. The molecule has 2 heteroatoms. The molecule has 102 valence electrons. The van der Waals surface area contributed by atoms with E-state index in [-0.39, 0.29) is 0 Å². The molecule has 1 aliphatic heterocycles. The monoisotopic (exact) mass is 240 g/mol. The van der Waals surface area contributed by atoms with Gasteiger partial charge in [-0.3, -0.25) is 0 Å². The van der Waals surface area contributed by atoms with Crippen LogP contribution in [-0.2, 0) is 0 Å². The Morgan fingerprint density at radius 1 is 1.24 bits per heavy atom. The maximum Gasteiger partial charge on any atom is 0.00817 e. The van der Waals surface area contributed by atoms with E-state index in [4.69, 9.17) is 0 Å². The normalized spacial score (nSPS) is 24.4. The van der Waals surface area contributed by atoms with Crippen LogP contribution in [0.25, 0.3) is 0 Å². The average molecular weight is 240 g/mol. The SMILES string of the molecule is CC(CC1CCCCCN1)NCCC(C)(C)C. The van der Waals surface area contributed by atoms with Gasteiger partial charge in [-0.15, -0.1) is 0 Å². The van der Waals surface area contributed by atoms with Gasteiger partial charge in [-0.25, -0.2) is 0 Å². The molecule has 0 aliphatic carbocycles. The molecule has 2 atom stereocenters. The molecule has 0 bridgehead atoms. The summed E-state index contributed by atoms with van der Waals surface area (Å²) in [5, 5.41) is 7.35. The summed E-state index contributed by atoms with van der Waals surface area (Å²) in [6.07, 6.45) is 8.09. The fraction of sp³-hybridized carbons (Fsp3) is 1.00. The van der Waals surface area contributed by atoms with E-state index < -0.39 is 0 Å². The molecule has 2 unspecified atom stereocenters. The van der Waals surface area contributed by atoms with Crippen molar-refractivity contribution in [2.75, 3.05) is 13.1 Å². The molecule has 2 N–H and O–H groups in total. The summed E-state index contributed by atoms with van der Waals surface area (Å²) < 4.78 is 0. The van der Waals surface area contributed by atoms with Crippen molar-refractivity contribution >= 4 is 0 Å². The van der Waals surface area contributed by atoms with E-state index in [2.05, 4.69) is 38.3 Å². The maximum atomic E-state index is 3.68. The minimum absolute atomic E-state index is 0.452. The first-order valence-corrected chi connectivity index (χ1v) is 7.44. The summed E-state index contributed by atoms with van der Waals surface area (Å²) >= 11 is 0. The summed E-state index contributed by atoms with van der Waals surface area (Å²) in [6, 6.07) is 1.39. The Balaban J connectivity index is 2.12. The molecule has 0 aromatic carbocycles. The molecule has 0 amide bonds. The van der Waals surface area contributed by atoms with Gasteiger partial charge in [-0.05, 0) is 51.1 Å². The number of hydrogen-bond donors (Lipinski definition) is 2. The van der Waals surface area contributed by atoms with Crippen molar-refractivity contribution in [3.05, 3.63) is 0 Å². The average Bonchev–Trinajstić information content (AvgIpc) is 2.44. The molecular formula is C15H32N2. The van der Waals surface area contributed by atoms with Crippen molar-refractivity contribution in [3.8, 4) is 0 Å². The Bertz CT molecular complexity index is 188. The van der Waals surface area contributed by atoms with E-state index >= 15 is 0 Å². The zero-order valence-corrected chi connectivity index (χ0v) is 12.3. The van der Waals surface area contributed by atoms with Crippen LogP contribution in [0.4, 0.5) is 0 Å². The highest BCUT2D eigenvalue weighted by Crippen LogP contribution is 2.17. The second-order valence-corrected chi connectivity index (χ2v) is 6.90. The van der Waals surface area contributed by atoms with Crippen LogP contribution in [0.3, 0.4) is 0 Å². The van der Waals surface area contributed by atoms with Crippen LogP contribution in [0.5, 0.6) is 0 Å². The largest absolute Gasteiger partial charge is 0.314 e. The maximum absolute atomic E-state index is 3.68. The molecule has 0 radical (unpaired) electrons. The minimum atomic E-state index is 0.452. The molecule has 2 nitrogen and oxygen atoms in total. The van der Waals surface area contributed by atoms with Crippen molar-refractivity contribution in [1.29, 1.82) is 0 Å². The number of nitrogens with one attached hydrogen (secondary N) is 2. The summed E-state index contributed by atoms with van der Waals surface area (Å²) in [5.41, 5.74) is 0.452. The van der Waals surface area contributed by atoms with Gasteiger partial charge in [0.1, 0.15) is 0 Å². The van der Waals surface area contributed by atoms with Crippen LogP contribution in [0, 0.1) is 5.41 Å². The van der Waals surface area contributed by atoms with Crippen molar-refractivity contribution in [3.63, 3.8) is 0 Å². The first-order chi connectivity index (χ1) is 7.97. The molecule has 1 fully saturated rings. The summed E-state index contributed by atoms with van der Waals surface area (Å²) in [4.78, 5) is 0. The van der Waals surface area contributed by atoms with E-state index in [0.717, 1.165) is 12.6 Å². The van der Waals surface area contributed by atoms with Gasteiger partial charge in [0.25, 0.3) is 0 Å². The third kappa shape index (κ3) is 7.77. The highest BCUT2D eigenvalue weighted by Gasteiger charge is 2.15. The second-order valence-electron chi connectivity index (χ2n) is 6.90.